The van der Waals surface area contributed by atoms with E-state index in [2.05, 4.69) is 5.32 Å². The molecular weight excluding hydrogens is 274 g/mol. The molecule has 0 saturated carbocycles. The Bertz CT molecular complexity index is 354. The molecule has 0 saturated heterocycles. The van der Waals surface area contributed by atoms with Crippen molar-refractivity contribution in [3.8, 4) is 0 Å². The molecule has 0 aromatic rings. The fourth-order valence-corrected chi connectivity index (χ4v) is 1.48. The monoisotopic (exact) mass is 303 g/mol. The van der Waals surface area contributed by atoms with Crippen molar-refractivity contribution in [3.05, 3.63) is 0 Å². The van der Waals surface area contributed by atoms with Crippen LogP contribution in [0.1, 0.15) is 61.3 Å². The molecule has 1 amide bonds. The summed E-state index contributed by atoms with van der Waals surface area (Å²) in [6.07, 6.45) is -0.834. The molecule has 0 rings (SSSR count). The summed E-state index contributed by atoms with van der Waals surface area (Å²) in [4.78, 5) is 23.9. The van der Waals surface area contributed by atoms with E-state index in [0.717, 1.165) is 0 Å². The Morgan fingerprint density at radius 1 is 1.05 bits per heavy atom. The highest BCUT2D eigenvalue weighted by atomic mass is 16.6. The SMILES string of the molecule is CC[C@H](O)C[C@H](NC(=O)OC(C)(C)C)C(=O)OC(C)(C)C. The Morgan fingerprint density at radius 2 is 1.52 bits per heavy atom. The molecule has 2 atom stereocenters. The highest BCUT2D eigenvalue weighted by molar-refractivity contribution is 5.81. The molecule has 6 heteroatoms. The van der Waals surface area contributed by atoms with Gasteiger partial charge >= 0.3 is 12.1 Å². The number of aliphatic hydroxyl groups excluding tert-OH is 1. The van der Waals surface area contributed by atoms with Crippen LogP contribution in [0.2, 0.25) is 0 Å². The van der Waals surface area contributed by atoms with Crippen LogP contribution in [0.25, 0.3) is 0 Å². The minimum Gasteiger partial charge on any atom is -0.458 e. The van der Waals surface area contributed by atoms with E-state index in [0.29, 0.717) is 6.42 Å². The van der Waals surface area contributed by atoms with Crippen molar-refractivity contribution in [1.29, 1.82) is 0 Å². The molecule has 0 fully saturated rings. The van der Waals surface area contributed by atoms with Gasteiger partial charge < -0.3 is 19.9 Å². The summed E-state index contributed by atoms with van der Waals surface area (Å²) in [5.41, 5.74) is -1.33. The van der Waals surface area contributed by atoms with Crippen LogP contribution in [0.15, 0.2) is 0 Å². The first kappa shape index (κ1) is 19.7. The first-order valence-corrected chi connectivity index (χ1v) is 7.24. The quantitative estimate of drug-likeness (QED) is 0.762. The number of hydrogen-bond acceptors (Lipinski definition) is 5. The topological polar surface area (TPSA) is 84.9 Å². The molecule has 124 valence electrons. The summed E-state index contributed by atoms with van der Waals surface area (Å²) in [5, 5.41) is 12.2. The normalized spacial score (nSPS) is 15.0. The summed E-state index contributed by atoms with van der Waals surface area (Å²) < 4.78 is 10.4. The third-order valence-corrected chi connectivity index (χ3v) is 2.36. The second-order valence-corrected chi connectivity index (χ2v) is 7.03. The van der Waals surface area contributed by atoms with Crippen molar-refractivity contribution in [2.24, 2.45) is 0 Å². The summed E-state index contributed by atoms with van der Waals surface area (Å²) >= 11 is 0. The Hall–Kier alpha value is -1.30. The summed E-state index contributed by atoms with van der Waals surface area (Å²) in [7, 11) is 0. The van der Waals surface area contributed by atoms with E-state index < -0.39 is 35.4 Å². The van der Waals surface area contributed by atoms with Gasteiger partial charge in [0.1, 0.15) is 17.2 Å². The number of esters is 1. The number of carbonyl (C=O) groups is 2. The first-order valence-electron chi connectivity index (χ1n) is 7.24. The Labute approximate surface area is 127 Å². The van der Waals surface area contributed by atoms with E-state index in [1.54, 1.807) is 48.5 Å². The van der Waals surface area contributed by atoms with Crippen LogP contribution in [0.5, 0.6) is 0 Å². The van der Waals surface area contributed by atoms with Gasteiger partial charge in [-0.1, -0.05) is 6.92 Å². The standard InChI is InChI=1S/C15H29NO5/c1-8-10(17)9-11(12(18)20-14(2,3)4)16-13(19)21-15(5,6)7/h10-11,17H,8-9H2,1-7H3,(H,16,19)/t10-,11-/m0/s1. The molecule has 0 aliphatic heterocycles. The van der Waals surface area contributed by atoms with Gasteiger partial charge in [0.15, 0.2) is 0 Å². The fourth-order valence-electron chi connectivity index (χ4n) is 1.48. The van der Waals surface area contributed by atoms with Crippen molar-refractivity contribution in [2.75, 3.05) is 0 Å². The number of carbonyl (C=O) groups excluding carboxylic acids is 2. The molecule has 0 spiro atoms. The number of hydrogen-bond donors (Lipinski definition) is 2. The molecule has 0 aliphatic carbocycles. The minimum atomic E-state index is -0.936. The molecule has 0 aromatic heterocycles. The number of ether oxygens (including phenoxy) is 2. The predicted molar refractivity (Wildman–Crippen MR) is 79.9 cm³/mol. The summed E-state index contributed by atoms with van der Waals surface area (Å²) in [6.45, 7) is 12.2. The largest absolute Gasteiger partial charge is 0.458 e. The zero-order valence-corrected chi connectivity index (χ0v) is 14.1. The van der Waals surface area contributed by atoms with Crippen molar-refractivity contribution in [3.63, 3.8) is 0 Å². The Morgan fingerprint density at radius 3 is 1.90 bits per heavy atom. The van der Waals surface area contributed by atoms with Crippen LogP contribution < -0.4 is 5.32 Å². The lowest BCUT2D eigenvalue weighted by atomic mass is 10.1. The van der Waals surface area contributed by atoms with Gasteiger partial charge in [-0.2, -0.15) is 0 Å². The first-order chi connectivity index (χ1) is 9.34. The van der Waals surface area contributed by atoms with Crippen LogP contribution in [0.3, 0.4) is 0 Å². The van der Waals surface area contributed by atoms with Gasteiger partial charge in [0.2, 0.25) is 0 Å². The number of amides is 1. The van der Waals surface area contributed by atoms with Crippen LogP contribution >= 0.6 is 0 Å². The van der Waals surface area contributed by atoms with Crippen LogP contribution in [0, 0.1) is 0 Å². The van der Waals surface area contributed by atoms with Gasteiger partial charge in [0, 0.05) is 6.42 Å². The third kappa shape index (κ3) is 10.1. The predicted octanol–water partition coefficient (Wildman–Crippen LogP) is 2.38. The van der Waals surface area contributed by atoms with Gasteiger partial charge in [-0.05, 0) is 48.0 Å². The van der Waals surface area contributed by atoms with Crippen LogP contribution in [-0.2, 0) is 14.3 Å². The van der Waals surface area contributed by atoms with Crippen molar-refractivity contribution >= 4 is 12.1 Å². The Balaban J connectivity index is 4.82. The van der Waals surface area contributed by atoms with E-state index in [1.807, 2.05) is 0 Å². The van der Waals surface area contributed by atoms with E-state index in [9.17, 15) is 14.7 Å². The van der Waals surface area contributed by atoms with Gasteiger partial charge in [0.05, 0.1) is 6.10 Å². The van der Waals surface area contributed by atoms with Crippen LogP contribution in [-0.4, -0.2) is 40.5 Å². The minimum absolute atomic E-state index is 0.0880. The van der Waals surface area contributed by atoms with Crippen molar-refractivity contribution in [2.45, 2.75) is 84.7 Å². The second-order valence-electron chi connectivity index (χ2n) is 7.03. The lowest BCUT2D eigenvalue weighted by molar-refractivity contribution is -0.158. The molecule has 0 aromatic carbocycles. The number of rotatable bonds is 5. The van der Waals surface area contributed by atoms with E-state index in [-0.39, 0.29) is 6.42 Å². The van der Waals surface area contributed by atoms with E-state index in [1.165, 1.54) is 0 Å². The number of aliphatic hydroxyl groups is 1. The molecule has 0 bridgehead atoms. The van der Waals surface area contributed by atoms with Crippen LogP contribution in [0.4, 0.5) is 4.79 Å². The number of alkyl carbamates (subject to hydrolysis) is 1. The van der Waals surface area contributed by atoms with Gasteiger partial charge in [-0.15, -0.1) is 0 Å². The van der Waals surface area contributed by atoms with Gasteiger partial charge in [-0.25, -0.2) is 9.59 Å². The van der Waals surface area contributed by atoms with E-state index >= 15 is 0 Å². The molecular formula is C15H29NO5. The van der Waals surface area contributed by atoms with E-state index in [4.69, 9.17) is 9.47 Å². The molecule has 0 aliphatic rings. The third-order valence-electron chi connectivity index (χ3n) is 2.36. The lowest BCUT2D eigenvalue weighted by Crippen LogP contribution is -2.47. The second kappa shape index (κ2) is 7.64. The smallest absolute Gasteiger partial charge is 0.408 e. The lowest BCUT2D eigenvalue weighted by Gasteiger charge is -2.27. The fraction of sp³-hybridized carbons (Fsp3) is 0.867. The van der Waals surface area contributed by atoms with Crippen molar-refractivity contribution in [1.82, 2.24) is 5.32 Å². The molecule has 0 radical (unpaired) electrons. The maximum Gasteiger partial charge on any atom is 0.408 e. The average Bonchev–Trinajstić information content (AvgIpc) is 2.22. The summed E-state index contributed by atoms with van der Waals surface area (Å²) in [5.74, 6) is -0.583. The maximum atomic E-state index is 12.1. The molecule has 21 heavy (non-hydrogen) atoms. The zero-order chi connectivity index (χ0) is 16.8. The molecule has 0 unspecified atom stereocenters. The highest BCUT2D eigenvalue weighted by Crippen LogP contribution is 2.13. The molecule has 6 nitrogen and oxygen atoms in total. The van der Waals surface area contributed by atoms with Gasteiger partial charge in [-0.3, -0.25) is 0 Å². The maximum absolute atomic E-state index is 12.1. The summed E-state index contributed by atoms with van der Waals surface area (Å²) in [6, 6.07) is -0.936. The zero-order valence-electron chi connectivity index (χ0n) is 14.1. The number of nitrogens with one attached hydrogen (secondary N) is 1. The van der Waals surface area contributed by atoms with Crippen molar-refractivity contribution < 1.29 is 24.2 Å². The average molecular weight is 303 g/mol. The Kier molecular flexibility index (Phi) is 7.16. The molecule has 0 heterocycles. The highest BCUT2D eigenvalue weighted by Gasteiger charge is 2.30. The molecule has 2 N–H and O–H groups in total. The van der Waals surface area contributed by atoms with Gasteiger partial charge in [0.25, 0.3) is 0 Å².